The number of amides is 1. The Morgan fingerprint density at radius 1 is 1.12 bits per heavy atom. The Bertz CT molecular complexity index is 966. The van der Waals surface area contributed by atoms with Gasteiger partial charge in [-0.1, -0.05) is 26.8 Å². The molecule has 0 N–H and O–H groups in total. The van der Waals surface area contributed by atoms with Gasteiger partial charge in [0, 0.05) is 25.9 Å². The molecule has 2 heterocycles. The topological polar surface area (TPSA) is 42.4 Å². The van der Waals surface area contributed by atoms with Gasteiger partial charge in [0.2, 0.25) is 5.91 Å². The van der Waals surface area contributed by atoms with E-state index in [4.69, 9.17) is 4.74 Å². The largest absolute Gasteiger partial charge is 0.492 e. The van der Waals surface area contributed by atoms with Crippen LogP contribution in [0, 0.1) is 28.6 Å². The molecule has 0 radical (unpaired) electrons. The lowest BCUT2D eigenvalue weighted by atomic mass is 9.47. The second kappa shape index (κ2) is 8.04. The molecule has 1 amide bonds. The molecular weight excluding hydrogens is 396 g/mol. The highest BCUT2D eigenvalue weighted by molar-refractivity contribution is 5.78. The number of nitrogens with zero attached hydrogens (tertiary/aromatic N) is 2. The van der Waals surface area contributed by atoms with Crippen molar-refractivity contribution in [2.24, 2.45) is 28.6 Å². The molecule has 4 heteroatoms. The fourth-order valence-corrected chi connectivity index (χ4v) is 7.61. The molecule has 0 aromatic carbocycles. The van der Waals surface area contributed by atoms with Crippen molar-refractivity contribution in [3.05, 3.63) is 41.9 Å². The zero-order chi connectivity index (χ0) is 22.5. The van der Waals surface area contributed by atoms with Crippen molar-refractivity contribution in [2.75, 3.05) is 13.7 Å². The number of hydrogen-bond acceptors (Lipinski definition) is 3. The molecular formula is C28H38N2O2. The van der Waals surface area contributed by atoms with Gasteiger partial charge in [-0.25, -0.2) is 0 Å². The normalized spacial score (nSPS) is 36.4. The average Bonchev–Trinajstić information content (AvgIpc) is 3.10. The Hall–Kier alpha value is -2.10. The minimum Gasteiger partial charge on any atom is -0.492 e. The summed E-state index contributed by atoms with van der Waals surface area (Å²) in [7, 11) is 1.94. The Kier molecular flexibility index (Phi) is 5.46. The van der Waals surface area contributed by atoms with E-state index in [9.17, 15) is 4.79 Å². The van der Waals surface area contributed by atoms with Crippen LogP contribution in [-0.2, 0) is 4.79 Å². The fourth-order valence-electron chi connectivity index (χ4n) is 7.61. The van der Waals surface area contributed by atoms with Crippen molar-refractivity contribution in [3.8, 4) is 5.75 Å². The number of carbonyl (C=O) groups is 1. The molecule has 1 aromatic heterocycles. The average molecular weight is 435 g/mol. The Morgan fingerprint density at radius 2 is 1.97 bits per heavy atom. The number of rotatable bonds is 4. The molecule has 5 atom stereocenters. The Labute approximate surface area is 193 Å². The third-order valence-corrected chi connectivity index (χ3v) is 9.41. The van der Waals surface area contributed by atoms with Gasteiger partial charge in [0.25, 0.3) is 0 Å². The first-order valence-electron chi connectivity index (χ1n) is 12.6. The molecule has 1 aromatic rings. The maximum Gasteiger partial charge on any atom is 0.226 e. The number of aromatic nitrogens is 1. The maximum atomic E-state index is 12.4. The molecule has 4 nitrogen and oxygen atoms in total. The molecule has 4 aliphatic rings. The van der Waals surface area contributed by atoms with Crippen LogP contribution in [0.15, 0.2) is 36.3 Å². The molecule has 172 valence electrons. The zero-order valence-electron chi connectivity index (χ0n) is 20.2. The van der Waals surface area contributed by atoms with Gasteiger partial charge in [-0.3, -0.25) is 9.78 Å². The standard InChI is InChI=1S/C28H38N2O2/c1-5-14-32-21-15-19(16-29-17-21)23-8-9-24-22-7-6-20-18-30(4)26(31)11-13-27(20,2)25(22)10-12-28(23,24)3/h8,15-18,22,24-25H,5-7,9-14H2,1-4H3/t22?,24?,25?,27-,28+/m0/s1. The molecule has 5 rings (SSSR count). The highest BCUT2D eigenvalue weighted by Gasteiger charge is 2.57. The maximum absolute atomic E-state index is 12.4. The van der Waals surface area contributed by atoms with Crippen molar-refractivity contribution in [3.63, 3.8) is 0 Å². The SMILES string of the molecule is CCCOc1cncc(C2=CCC3C4CCC5=CN(C)C(=O)CC[C@]5(C)C4CC[C@]23C)c1. The number of hydrogen-bond donors (Lipinski definition) is 0. The highest BCUT2D eigenvalue weighted by Crippen LogP contribution is 2.66. The van der Waals surface area contributed by atoms with Gasteiger partial charge in [0.1, 0.15) is 5.75 Å². The van der Waals surface area contributed by atoms with E-state index in [0.29, 0.717) is 18.3 Å². The molecule has 2 saturated carbocycles. The summed E-state index contributed by atoms with van der Waals surface area (Å²) in [5, 5.41) is 0. The van der Waals surface area contributed by atoms with Crippen LogP contribution in [-0.4, -0.2) is 29.4 Å². The minimum atomic E-state index is 0.170. The van der Waals surface area contributed by atoms with Gasteiger partial charge in [0.05, 0.1) is 12.8 Å². The van der Waals surface area contributed by atoms with Crippen LogP contribution in [0.5, 0.6) is 5.75 Å². The van der Waals surface area contributed by atoms with Crippen LogP contribution in [0.25, 0.3) is 5.57 Å². The van der Waals surface area contributed by atoms with Crippen molar-refractivity contribution >= 4 is 11.5 Å². The molecule has 0 bridgehead atoms. The first-order valence-corrected chi connectivity index (χ1v) is 12.6. The summed E-state index contributed by atoms with van der Waals surface area (Å²) in [5.74, 6) is 3.26. The summed E-state index contributed by atoms with van der Waals surface area (Å²) >= 11 is 0. The van der Waals surface area contributed by atoms with Gasteiger partial charge in [-0.05, 0) is 96.3 Å². The molecule has 3 unspecified atom stereocenters. The summed E-state index contributed by atoms with van der Waals surface area (Å²) in [6.45, 7) is 7.84. The van der Waals surface area contributed by atoms with Gasteiger partial charge < -0.3 is 9.64 Å². The van der Waals surface area contributed by atoms with Gasteiger partial charge in [-0.2, -0.15) is 0 Å². The predicted molar refractivity (Wildman–Crippen MR) is 128 cm³/mol. The van der Waals surface area contributed by atoms with Crippen LogP contribution in [0.1, 0.15) is 77.7 Å². The van der Waals surface area contributed by atoms with Crippen LogP contribution in [0.3, 0.4) is 0 Å². The van der Waals surface area contributed by atoms with Gasteiger partial charge >= 0.3 is 0 Å². The third kappa shape index (κ3) is 3.33. The summed E-state index contributed by atoms with van der Waals surface area (Å²) < 4.78 is 5.88. The monoisotopic (exact) mass is 434 g/mol. The Balaban J connectivity index is 1.42. The van der Waals surface area contributed by atoms with Crippen LogP contribution in [0.4, 0.5) is 0 Å². The van der Waals surface area contributed by atoms with Crippen molar-refractivity contribution in [1.82, 2.24) is 9.88 Å². The molecule has 1 aliphatic heterocycles. The lowest BCUT2D eigenvalue weighted by molar-refractivity contribution is -0.127. The molecule has 2 fully saturated rings. The molecule has 32 heavy (non-hydrogen) atoms. The first kappa shape index (κ1) is 21.7. The van der Waals surface area contributed by atoms with E-state index in [1.54, 1.807) is 0 Å². The third-order valence-electron chi connectivity index (χ3n) is 9.41. The molecule has 3 aliphatic carbocycles. The van der Waals surface area contributed by atoms with E-state index >= 15 is 0 Å². The van der Waals surface area contributed by atoms with Gasteiger partial charge in [0.15, 0.2) is 0 Å². The zero-order valence-corrected chi connectivity index (χ0v) is 20.2. The summed E-state index contributed by atoms with van der Waals surface area (Å²) in [5.41, 5.74) is 4.63. The predicted octanol–water partition coefficient (Wildman–Crippen LogP) is 6.24. The van der Waals surface area contributed by atoms with E-state index in [2.05, 4.69) is 44.1 Å². The first-order chi connectivity index (χ1) is 15.4. The lowest BCUT2D eigenvalue weighted by Crippen LogP contribution is -2.48. The smallest absolute Gasteiger partial charge is 0.226 e. The van der Waals surface area contributed by atoms with Crippen molar-refractivity contribution in [1.29, 1.82) is 0 Å². The summed E-state index contributed by atoms with van der Waals surface area (Å²) in [4.78, 5) is 18.8. The second-order valence-corrected chi connectivity index (χ2v) is 11.1. The minimum absolute atomic E-state index is 0.170. The Morgan fingerprint density at radius 3 is 2.78 bits per heavy atom. The van der Waals surface area contributed by atoms with Crippen LogP contribution in [0.2, 0.25) is 0 Å². The quantitative estimate of drug-likeness (QED) is 0.563. The summed E-state index contributed by atoms with van der Waals surface area (Å²) in [6.07, 6.45) is 17.3. The number of pyridine rings is 1. The van der Waals surface area contributed by atoms with E-state index in [-0.39, 0.29) is 16.7 Å². The van der Waals surface area contributed by atoms with E-state index in [1.807, 2.05) is 24.3 Å². The second-order valence-electron chi connectivity index (χ2n) is 11.1. The van der Waals surface area contributed by atoms with Crippen molar-refractivity contribution in [2.45, 2.75) is 72.1 Å². The van der Waals surface area contributed by atoms with Crippen molar-refractivity contribution < 1.29 is 9.53 Å². The lowest BCUT2D eigenvalue weighted by Gasteiger charge is -2.57. The number of ether oxygens (including phenoxy) is 1. The van der Waals surface area contributed by atoms with E-state index in [0.717, 1.165) is 37.5 Å². The van der Waals surface area contributed by atoms with E-state index in [1.165, 1.54) is 42.4 Å². The van der Waals surface area contributed by atoms with E-state index < -0.39 is 0 Å². The number of carbonyl (C=O) groups excluding carboxylic acids is 1. The van der Waals surface area contributed by atoms with Crippen LogP contribution >= 0.6 is 0 Å². The highest BCUT2D eigenvalue weighted by atomic mass is 16.5. The number of allylic oxidation sites excluding steroid dienone is 3. The van der Waals surface area contributed by atoms with Gasteiger partial charge in [-0.15, -0.1) is 0 Å². The molecule has 0 spiro atoms. The summed E-state index contributed by atoms with van der Waals surface area (Å²) in [6, 6.07) is 2.20. The number of fused-ring (bicyclic) bond motifs is 5. The molecule has 0 saturated heterocycles. The van der Waals surface area contributed by atoms with Crippen LogP contribution < -0.4 is 4.74 Å². The fraction of sp³-hybridized carbons (Fsp3) is 0.643.